The van der Waals surface area contributed by atoms with Gasteiger partial charge in [-0.25, -0.2) is 4.39 Å². The summed E-state index contributed by atoms with van der Waals surface area (Å²) < 4.78 is 13.4. The first-order valence-corrected chi connectivity index (χ1v) is 4.31. The van der Waals surface area contributed by atoms with Crippen LogP contribution in [0.3, 0.4) is 0 Å². The number of aliphatic hydroxyl groups is 1. The first kappa shape index (κ1) is 10.7. The number of hydrogen-bond donors (Lipinski definition) is 2. The number of carbonyl (C=O) groups is 1. The molecule has 1 aromatic rings. The number of nitrogens with one attached hydrogen (secondary N) is 1. The molecule has 0 radical (unpaired) electrons. The van der Waals surface area contributed by atoms with E-state index in [1.165, 1.54) is 6.07 Å². The summed E-state index contributed by atoms with van der Waals surface area (Å²) in [5.74, 6) is -1.01. The fourth-order valence-electron chi connectivity index (χ4n) is 1.09. The minimum Gasteiger partial charge on any atom is -0.395 e. The highest BCUT2D eigenvalue weighted by Crippen LogP contribution is 2.11. The van der Waals surface area contributed by atoms with Gasteiger partial charge in [-0.3, -0.25) is 4.79 Å². The number of amides is 1. The zero-order valence-electron chi connectivity index (χ0n) is 7.88. The maximum absolute atomic E-state index is 13.4. The molecule has 0 unspecified atom stereocenters. The molecule has 0 spiro atoms. The van der Waals surface area contributed by atoms with Gasteiger partial charge in [-0.05, 0) is 18.6 Å². The Labute approximate surface area is 81.6 Å². The highest BCUT2D eigenvalue weighted by molar-refractivity contribution is 5.94. The van der Waals surface area contributed by atoms with Gasteiger partial charge in [-0.2, -0.15) is 0 Å². The van der Waals surface area contributed by atoms with Crippen LogP contribution in [-0.4, -0.2) is 24.2 Å². The Balaban J connectivity index is 2.84. The molecule has 1 aromatic carbocycles. The van der Waals surface area contributed by atoms with E-state index in [0.29, 0.717) is 5.56 Å². The molecular formula is C10H12FNO2. The van der Waals surface area contributed by atoms with Gasteiger partial charge in [0.15, 0.2) is 0 Å². The summed E-state index contributed by atoms with van der Waals surface area (Å²) in [7, 11) is 0. The smallest absolute Gasteiger partial charge is 0.254 e. The maximum Gasteiger partial charge on any atom is 0.254 e. The molecule has 4 heteroatoms. The molecule has 0 saturated heterocycles. The minimum absolute atomic E-state index is 0.0125. The zero-order chi connectivity index (χ0) is 10.6. The molecule has 0 aliphatic rings. The maximum atomic E-state index is 13.4. The number of halogens is 1. The van der Waals surface area contributed by atoms with E-state index >= 15 is 0 Å². The fraction of sp³-hybridized carbons (Fsp3) is 0.300. The Hall–Kier alpha value is -1.42. The Morgan fingerprint density at radius 1 is 1.57 bits per heavy atom. The second-order valence-electron chi connectivity index (χ2n) is 2.92. The number of aryl methyl sites for hydroxylation is 1. The molecule has 0 aliphatic heterocycles. The molecule has 0 aliphatic carbocycles. The van der Waals surface area contributed by atoms with Crippen LogP contribution in [0.4, 0.5) is 4.39 Å². The lowest BCUT2D eigenvalue weighted by atomic mass is 10.1. The van der Waals surface area contributed by atoms with Gasteiger partial charge in [0.1, 0.15) is 5.82 Å². The van der Waals surface area contributed by atoms with Gasteiger partial charge >= 0.3 is 0 Å². The molecule has 0 atom stereocenters. The van der Waals surface area contributed by atoms with E-state index in [2.05, 4.69) is 5.32 Å². The average molecular weight is 197 g/mol. The van der Waals surface area contributed by atoms with Crippen molar-refractivity contribution in [1.29, 1.82) is 0 Å². The highest BCUT2D eigenvalue weighted by atomic mass is 19.1. The zero-order valence-corrected chi connectivity index (χ0v) is 7.88. The van der Waals surface area contributed by atoms with Crippen molar-refractivity contribution in [3.63, 3.8) is 0 Å². The van der Waals surface area contributed by atoms with E-state index in [0.717, 1.165) is 0 Å². The van der Waals surface area contributed by atoms with Crippen molar-refractivity contribution < 1.29 is 14.3 Å². The van der Waals surface area contributed by atoms with E-state index in [1.807, 2.05) is 0 Å². The topological polar surface area (TPSA) is 49.3 Å². The largest absolute Gasteiger partial charge is 0.395 e. The van der Waals surface area contributed by atoms with Crippen molar-refractivity contribution in [3.8, 4) is 0 Å². The van der Waals surface area contributed by atoms with Crippen molar-refractivity contribution >= 4 is 5.91 Å². The third-order valence-corrected chi connectivity index (χ3v) is 1.83. The number of benzene rings is 1. The van der Waals surface area contributed by atoms with E-state index in [-0.39, 0.29) is 18.7 Å². The van der Waals surface area contributed by atoms with Crippen molar-refractivity contribution in [3.05, 3.63) is 35.1 Å². The molecular weight excluding hydrogens is 185 g/mol. The van der Waals surface area contributed by atoms with Crippen LogP contribution in [0.1, 0.15) is 15.9 Å². The Morgan fingerprint density at radius 2 is 2.29 bits per heavy atom. The van der Waals surface area contributed by atoms with Gasteiger partial charge < -0.3 is 10.4 Å². The molecule has 0 aromatic heterocycles. The molecule has 0 saturated carbocycles. The monoisotopic (exact) mass is 197 g/mol. The average Bonchev–Trinajstić information content (AvgIpc) is 2.18. The predicted octanol–water partition coefficient (Wildman–Crippen LogP) is 0.856. The third kappa shape index (κ3) is 2.29. The molecule has 3 nitrogen and oxygen atoms in total. The van der Waals surface area contributed by atoms with E-state index in [9.17, 15) is 9.18 Å². The summed E-state index contributed by atoms with van der Waals surface area (Å²) in [6.45, 7) is 1.57. The predicted molar refractivity (Wildman–Crippen MR) is 50.6 cm³/mol. The standard InChI is InChI=1S/C10H12FNO2/c1-7-3-2-4-8(9(7)11)10(14)12-5-6-13/h2-4,13H,5-6H2,1H3,(H,12,14). The lowest BCUT2D eigenvalue weighted by Gasteiger charge is -2.05. The molecule has 1 rings (SSSR count). The first-order valence-electron chi connectivity index (χ1n) is 4.31. The van der Waals surface area contributed by atoms with Crippen LogP contribution < -0.4 is 5.32 Å². The fourth-order valence-corrected chi connectivity index (χ4v) is 1.09. The van der Waals surface area contributed by atoms with Gasteiger partial charge in [-0.1, -0.05) is 12.1 Å². The van der Waals surface area contributed by atoms with Gasteiger partial charge in [-0.15, -0.1) is 0 Å². The van der Waals surface area contributed by atoms with Crippen LogP contribution in [0.25, 0.3) is 0 Å². The molecule has 76 valence electrons. The molecule has 1 amide bonds. The number of carbonyl (C=O) groups excluding carboxylic acids is 1. The lowest BCUT2D eigenvalue weighted by Crippen LogP contribution is -2.27. The van der Waals surface area contributed by atoms with Crippen molar-refractivity contribution in [2.24, 2.45) is 0 Å². The molecule has 2 N–H and O–H groups in total. The summed E-state index contributed by atoms with van der Waals surface area (Å²) in [4.78, 5) is 11.3. The van der Waals surface area contributed by atoms with Crippen molar-refractivity contribution in [1.82, 2.24) is 5.32 Å². The summed E-state index contributed by atoms with van der Waals surface area (Å²) in [5.41, 5.74) is 0.445. The Bertz CT molecular complexity index is 339. The SMILES string of the molecule is Cc1cccc(C(=O)NCCO)c1F. The number of hydrogen-bond acceptors (Lipinski definition) is 2. The van der Waals surface area contributed by atoms with Gasteiger partial charge in [0, 0.05) is 6.54 Å². The summed E-state index contributed by atoms with van der Waals surface area (Å²) in [6.07, 6.45) is 0. The summed E-state index contributed by atoms with van der Waals surface area (Å²) in [5, 5.41) is 10.9. The van der Waals surface area contributed by atoms with Crippen molar-refractivity contribution in [2.45, 2.75) is 6.92 Å². The number of aliphatic hydroxyl groups excluding tert-OH is 1. The third-order valence-electron chi connectivity index (χ3n) is 1.83. The normalized spacial score (nSPS) is 9.93. The van der Waals surface area contributed by atoms with E-state index in [4.69, 9.17) is 5.11 Å². The molecule has 0 fully saturated rings. The van der Waals surface area contributed by atoms with Gasteiger partial charge in [0.05, 0.1) is 12.2 Å². The molecule has 14 heavy (non-hydrogen) atoms. The van der Waals surface area contributed by atoms with Crippen molar-refractivity contribution in [2.75, 3.05) is 13.2 Å². The van der Waals surface area contributed by atoms with Gasteiger partial charge in [0.2, 0.25) is 0 Å². The van der Waals surface area contributed by atoms with E-state index < -0.39 is 11.7 Å². The first-order chi connectivity index (χ1) is 6.66. The Morgan fingerprint density at radius 3 is 2.93 bits per heavy atom. The van der Waals surface area contributed by atoms with Crippen LogP contribution in [0, 0.1) is 12.7 Å². The second-order valence-corrected chi connectivity index (χ2v) is 2.92. The van der Waals surface area contributed by atoms with Crippen LogP contribution >= 0.6 is 0 Å². The molecule has 0 bridgehead atoms. The quantitative estimate of drug-likeness (QED) is 0.755. The van der Waals surface area contributed by atoms with Gasteiger partial charge in [0.25, 0.3) is 5.91 Å². The summed E-state index contributed by atoms with van der Waals surface area (Å²) in [6, 6.07) is 4.62. The van der Waals surface area contributed by atoms with Crippen LogP contribution in [0.5, 0.6) is 0 Å². The Kier molecular flexibility index (Phi) is 3.59. The van der Waals surface area contributed by atoms with Crippen LogP contribution in [0.2, 0.25) is 0 Å². The molecule has 0 heterocycles. The van der Waals surface area contributed by atoms with Crippen LogP contribution in [-0.2, 0) is 0 Å². The number of rotatable bonds is 3. The second kappa shape index (κ2) is 4.72. The lowest BCUT2D eigenvalue weighted by molar-refractivity contribution is 0.0940. The van der Waals surface area contributed by atoms with E-state index in [1.54, 1.807) is 19.1 Å². The summed E-state index contributed by atoms with van der Waals surface area (Å²) >= 11 is 0. The van der Waals surface area contributed by atoms with Crippen LogP contribution in [0.15, 0.2) is 18.2 Å². The highest BCUT2D eigenvalue weighted by Gasteiger charge is 2.11. The minimum atomic E-state index is -0.511.